The van der Waals surface area contributed by atoms with Gasteiger partial charge in [0.05, 0.1) is 6.61 Å². The lowest BCUT2D eigenvalue weighted by Crippen LogP contribution is -2.49. The zero-order valence-corrected chi connectivity index (χ0v) is 16.7. The first-order valence-corrected chi connectivity index (χ1v) is 10.7. The van der Waals surface area contributed by atoms with Gasteiger partial charge in [-0.3, -0.25) is 10.0 Å². The number of rotatable bonds is 9. The first-order valence-electron chi connectivity index (χ1n) is 8.78. The third-order valence-corrected chi connectivity index (χ3v) is 6.82. The number of hydroxylamine groups is 1. The summed E-state index contributed by atoms with van der Waals surface area (Å²) in [5.41, 5.74) is 4.31. The maximum Gasteiger partial charge on any atom is 0.264 e. The zero-order valence-electron chi connectivity index (χ0n) is 15.9. The average Bonchev–Trinajstić information content (AvgIpc) is 2.69. The molecule has 0 saturated carbocycles. The number of benzene rings is 2. The minimum absolute atomic E-state index is 0.0401. The topological polar surface area (TPSA) is 113 Å². The van der Waals surface area contributed by atoms with Crippen LogP contribution in [0.15, 0.2) is 48.5 Å². The van der Waals surface area contributed by atoms with Gasteiger partial charge in [0.15, 0.2) is 9.84 Å². The van der Waals surface area contributed by atoms with Gasteiger partial charge in [0.2, 0.25) is 0 Å². The Morgan fingerprint density at radius 2 is 1.61 bits per heavy atom. The Labute approximate surface area is 164 Å². The van der Waals surface area contributed by atoms with Crippen LogP contribution >= 0.6 is 0 Å². The van der Waals surface area contributed by atoms with Crippen molar-refractivity contribution in [1.29, 1.82) is 0 Å². The monoisotopic (exact) mass is 407 g/mol. The Hall–Kier alpha value is -2.42. The van der Waals surface area contributed by atoms with Crippen LogP contribution in [0.25, 0.3) is 11.1 Å². The lowest BCUT2D eigenvalue weighted by Gasteiger charge is -2.25. The van der Waals surface area contributed by atoms with Gasteiger partial charge in [-0.1, -0.05) is 36.4 Å². The molecule has 0 spiro atoms. The van der Waals surface area contributed by atoms with Crippen LogP contribution in [0.5, 0.6) is 5.75 Å². The molecular weight excluding hydrogens is 382 g/mol. The van der Waals surface area contributed by atoms with Gasteiger partial charge >= 0.3 is 0 Å². The van der Waals surface area contributed by atoms with Crippen LogP contribution in [0.2, 0.25) is 0 Å². The summed E-state index contributed by atoms with van der Waals surface area (Å²) in [5.74, 6) is -0.258. The van der Waals surface area contributed by atoms with Crippen LogP contribution in [0, 0.1) is 0 Å². The van der Waals surface area contributed by atoms with E-state index in [1.807, 2.05) is 48.5 Å². The molecule has 8 heteroatoms. The molecule has 0 bridgehead atoms. The largest absolute Gasteiger partial charge is 0.491 e. The highest BCUT2D eigenvalue weighted by atomic mass is 32.2. The Balaban J connectivity index is 2.09. The molecule has 0 heterocycles. The van der Waals surface area contributed by atoms with E-state index in [1.54, 1.807) is 0 Å². The molecule has 0 saturated heterocycles. The van der Waals surface area contributed by atoms with Crippen LogP contribution in [0.4, 0.5) is 0 Å². The number of amides is 1. The molecule has 28 heavy (non-hydrogen) atoms. The summed E-state index contributed by atoms with van der Waals surface area (Å²) in [5, 5.41) is 17.7. The van der Waals surface area contributed by atoms with Crippen LogP contribution in [-0.2, 0) is 21.1 Å². The van der Waals surface area contributed by atoms with Gasteiger partial charge in [-0.25, -0.2) is 13.9 Å². The number of carbonyl (C=O) groups excluding carboxylic acids is 1. The maximum absolute atomic E-state index is 12.0. The molecule has 7 nitrogen and oxygen atoms in total. The summed E-state index contributed by atoms with van der Waals surface area (Å²) in [6, 6.07) is 15.1. The molecule has 0 aliphatic rings. The van der Waals surface area contributed by atoms with E-state index in [9.17, 15) is 13.2 Å². The van der Waals surface area contributed by atoms with Crippen molar-refractivity contribution in [3.05, 3.63) is 54.1 Å². The normalized spacial score (nSPS) is 13.6. The van der Waals surface area contributed by atoms with E-state index in [4.69, 9.17) is 15.1 Å². The second-order valence-corrected chi connectivity index (χ2v) is 9.18. The van der Waals surface area contributed by atoms with E-state index < -0.39 is 20.5 Å². The number of aliphatic hydroxyl groups excluding tert-OH is 1. The lowest BCUT2D eigenvalue weighted by atomic mass is 9.97. The quantitative estimate of drug-likeness (QED) is 0.433. The van der Waals surface area contributed by atoms with E-state index in [2.05, 4.69) is 0 Å². The van der Waals surface area contributed by atoms with Crippen molar-refractivity contribution < 1.29 is 28.3 Å². The molecular formula is C20H25NO6S. The van der Waals surface area contributed by atoms with Gasteiger partial charge < -0.3 is 9.84 Å². The van der Waals surface area contributed by atoms with Crippen molar-refractivity contribution in [1.82, 2.24) is 5.48 Å². The molecule has 0 aromatic heterocycles. The SMILES string of the molecule is CC(CCc1ccc(-c2ccc(OCCO)cc2)cc1)(C(=O)NO)S(C)(=O)=O. The summed E-state index contributed by atoms with van der Waals surface area (Å²) in [4.78, 5) is 11.9. The first kappa shape index (κ1) is 21.9. The van der Waals surface area contributed by atoms with Crippen LogP contribution in [0.3, 0.4) is 0 Å². The predicted octanol–water partition coefficient (Wildman–Crippen LogP) is 1.97. The highest BCUT2D eigenvalue weighted by Crippen LogP contribution is 2.26. The number of ether oxygens (including phenoxy) is 1. The standard InChI is InChI=1S/C20H25NO6S/c1-20(19(23)21-24,28(2,25)26)12-11-15-3-5-16(6-4-15)17-7-9-18(10-8-17)27-14-13-22/h3-10,22,24H,11-14H2,1-2H3,(H,21,23). The molecule has 3 N–H and O–H groups in total. The first-order chi connectivity index (χ1) is 13.2. The second kappa shape index (κ2) is 9.18. The molecule has 0 fully saturated rings. The van der Waals surface area contributed by atoms with Gasteiger partial charge in [-0.05, 0) is 48.6 Å². The summed E-state index contributed by atoms with van der Waals surface area (Å²) in [7, 11) is -3.71. The maximum atomic E-state index is 12.0. The summed E-state index contributed by atoms with van der Waals surface area (Å²) in [6.45, 7) is 1.51. The Kier molecular flexibility index (Phi) is 7.17. The molecule has 0 aliphatic heterocycles. The minimum Gasteiger partial charge on any atom is -0.491 e. The number of hydrogen-bond donors (Lipinski definition) is 3. The van der Waals surface area contributed by atoms with Gasteiger partial charge in [0.25, 0.3) is 5.91 Å². The van der Waals surface area contributed by atoms with Crippen LogP contribution in [-0.4, -0.2) is 48.9 Å². The second-order valence-electron chi connectivity index (χ2n) is 6.74. The van der Waals surface area contributed by atoms with Gasteiger partial charge in [-0.2, -0.15) is 0 Å². The highest BCUT2D eigenvalue weighted by Gasteiger charge is 2.43. The number of hydrogen-bond acceptors (Lipinski definition) is 6. The summed E-state index contributed by atoms with van der Waals surface area (Å²) in [6.07, 6.45) is 1.40. The zero-order chi connectivity index (χ0) is 20.8. The fraction of sp³-hybridized carbons (Fsp3) is 0.350. The Morgan fingerprint density at radius 1 is 1.07 bits per heavy atom. The van der Waals surface area contributed by atoms with E-state index in [-0.39, 0.29) is 19.6 Å². The number of sulfone groups is 1. The molecule has 0 radical (unpaired) electrons. The van der Waals surface area contributed by atoms with Crippen molar-refractivity contribution >= 4 is 15.7 Å². The van der Waals surface area contributed by atoms with E-state index in [0.29, 0.717) is 12.2 Å². The molecule has 1 atom stereocenters. The van der Waals surface area contributed by atoms with Crippen LogP contribution < -0.4 is 10.2 Å². The molecule has 1 unspecified atom stereocenters. The number of aliphatic hydroxyl groups is 1. The molecule has 0 aliphatic carbocycles. The third kappa shape index (κ3) is 5.09. The molecule has 152 valence electrons. The van der Waals surface area contributed by atoms with Gasteiger partial charge in [-0.15, -0.1) is 0 Å². The minimum atomic E-state index is -3.71. The van der Waals surface area contributed by atoms with Crippen LogP contribution in [0.1, 0.15) is 18.9 Å². The van der Waals surface area contributed by atoms with Gasteiger partial charge in [0, 0.05) is 6.26 Å². The van der Waals surface area contributed by atoms with Crippen molar-refractivity contribution in [2.24, 2.45) is 0 Å². The van der Waals surface area contributed by atoms with E-state index in [0.717, 1.165) is 22.9 Å². The summed E-state index contributed by atoms with van der Waals surface area (Å²) < 4.78 is 27.7. The molecule has 2 aromatic rings. The van der Waals surface area contributed by atoms with Crippen molar-refractivity contribution in [2.45, 2.75) is 24.5 Å². The predicted molar refractivity (Wildman–Crippen MR) is 106 cm³/mol. The highest BCUT2D eigenvalue weighted by molar-refractivity contribution is 7.92. The third-order valence-electron chi connectivity index (χ3n) is 4.79. The van der Waals surface area contributed by atoms with E-state index >= 15 is 0 Å². The Bertz CT molecular complexity index is 893. The van der Waals surface area contributed by atoms with Gasteiger partial charge in [0.1, 0.15) is 17.1 Å². The smallest absolute Gasteiger partial charge is 0.264 e. The van der Waals surface area contributed by atoms with Crippen molar-refractivity contribution in [3.8, 4) is 16.9 Å². The summed E-state index contributed by atoms with van der Waals surface area (Å²) >= 11 is 0. The fourth-order valence-corrected chi connectivity index (χ4v) is 3.59. The number of nitrogens with one attached hydrogen (secondary N) is 1. The fourth-order valence-electron chi connectivity index (χ4n) is 2.74. The lowest BCUT2D eigenvalue weighted by molar-refractivity contribution is -0.131. The van der Waals surface area contributed by atoms with Crippen molar-refractivity contribution in [3.63, 3.8) is 0 Å². The number of aryl methyl sites for hydroxylation is 1. The molecule has 2 rings (SSSR count). The number of carbonyl (C=O) groups is 1. The van der Waals surface area contributed by atoms with Crippen molar-refractivity contribution in [2.75, 3.05) is 19.5 Å². The average molecular weight is 407 g/mol. The van der Waals surface area contributed by atoms with E-state index in [1.165, 1.54) is 12.4 Å². The molecule has 2 aromatic carbocycles. The Morgan fingerprint density at radius 3 is 2.07 bits per heavy atom. The molecule has 1 amide bonds.